The summed E-state index contributed by atoms with van der Waals surface area (Å²) >= 11 is 0. The molecule has 4 bridgehead atoms. The molecule has 2 atom stereocenters. The molecule has 2 aliphatic heterocycles. The molecular formula is C20H23NO4. The van der Waals surface area contributed by atoms with Crippen LogP contribution in [0.15, 0.2) is 42.5 Å². The van der Waals surface area contributed by atoms with E-state index in [0.717, 1.165) is 11.1 Å². The van der Waals surface area contributed by atoms with Gasteiger partial charge in [0.2, 0.25) is 0 Å². The molecule has 25 heavy (non-hydrogen) atoms. The van der Waals surface area contributed by atoms with Gasteiger partial charge < -0.3 is 20.3 Å². The minimum atomic E-state index is -0.560. The van der Waals surface area contributed by atoms with Crippen molar-refractivity contribution < 1.29 is 19.4 Å². The van der Waals surface area contributed by atoms with E-state index in [9.17, 15) is 9.90 Å². The van der Waals surface area contributed by atoms with Crippen molar-refractivity contribution in [1.82, 2.24) is 0 Å². The molecule has 4 rings (SSSR count). The van der Waals surface area contributed by atoms with Gasteiger partial charge in [0.1, 0.15) is 11.5 Å². The molecule has 132 valence electrons. The lowest BCUT2D eigenvalue weighted by atomic mass is 9.91. The summed E-state index contributed by atoms with van der Waals surface area (Å²) in [6.45, 7) is -0.0611. The number of rotatable bonds is 2. The van der Waals surface area contributed by atoms with Gasteiger partial charge in [0, 0.05) is 13.0 Å². The second-order valence-electron chi connectivity index (χ2n) is 6.47. The largest absolute Gasteiger partial charge is 0.493 e. The van der Waals surface area contributed by atoms with Gasteiger partial charge in [-0.15, -0.1) is 0 Å². The van der Waals surface area contributed by atoms with Crippen molar-refractivity contribution in [3.63, 3.8) is 0 Å². The van der Waals surface area contributed by atoms with Crippen molar-refractivity contribution in [2.24, 2.45) is 11.7 Å². The molecule has 0 spiro atoms. The van der Waals surface area contributed by atoms with Crippen LogP contribution in [0.1, 0.15) is 17.5 Å². The van der Waals surface area contributed by atoms with Crippen LogP contribution in [-0.4, -0.2) is 30.6 Å². The third-order valence-electron chi connectivity index (χ3n) is 4.52. The predicted molar refractivity (Wildman–Crippen MR) is 95.1 cm³/mol. The molecule has 0 saturated heterocycles. The number of carbonyl (C=O) groups is 1. The molecular weight excluding hydrogens is 318 g/mol. The smallest absolute Gasteiger partial charge is 0.169 e. The monoisotopic (exact) mass is 341 g/mol. The number of benzene rings is 2. The van der Waals surface area contributed by atoms with E-state index in [2.05, 4.69) is 0 Å². The molecule has 2 aromatic rings. The summed E-state index contributed by atoms with van der Waals surface area (Å²) in [5, 5.41) is 9.66. The second kappa shape index (κ2) is 7.68. The van der Waals surface area contributed by atoms with Gasteiger partial charge in [-0.1, -0.05) is 18.2 Å². The maximum Gasteiger partial charge on any atom is 0.169 e. The molecule has 5 heteroatoms. The molecule has 0 aliphatic carbocycles. The summed E-state index contributed by atoms with van der Waals surface area (Å²) in [4.78, 5) is 12.4. The third-order valence-corrected chi connectivity index (χ3v) is 4.52. The van der Waals surface area contributed by atoms with Crippen LogP contribution < -0.4 is 15.2 Å². The highest BCUT2D eigenvalue weighted by atomic mass is 16.5. The van der Waals surface area contributed by atoms with Gasteiger partial charge in [0.25, 0.3) is 0 Å². The maximum atomic E-state index is 12.4. The Balaban J connectivity index is 2.00. The Kier molecular flexibility index (Phi) is 5.36. The topological polar surface area (TPSA) is 81.8 Å². The van der Waals surface area contributed by atoms with Crippen molar-refractivity contribution in [3.05, 3.63) is 53.6 Å². The average molecular weight is 341 g/mol. The van der Waals surface area contributed by atoms with Crippen LogP contribution in [0, 0.1) is 5.92 Å². The van der Waals surface area contributed by atoms with E-state index in [1.54, 1.807) is 7.11 Å². The second-order valence-corrected chi connectivity index (χ2v) is 6.47. The summed E-state index contributed by atoms with van der Waals surface area (Å²) in [5.41, 5.74) is 8.01. The van der Waals surface area contributed by atoms with E-state index >= 15 is 0 Å². The van der Waals surface area contributed by atoms with E-state index < -0.39 is 6.04 Å². The van der Waals surface area contributed by atoms with Gasteiger partial charge in [0.15, 0.2) is 11.5 Å². The molecule has 3 N–H and O–H groups in total. The summed E-state index contributed by atoms with van der Waals surface area (Å²) in [6.07, 6.45) is 1.32. The van der Waals surface area contributed by atoms with Crippen LogP contribution in [0.4, 0.5) is 0 Å². The molecule has 2 aromatic carbocycles. The first-order valence-corrected chi connectivity index (χ1v) is 8.42. The van der Waals surface area contributed by atoms with E-state index in [1.807, 2.05) is 42.5 Å². The number of Topliss-reactive ketones (excluding diaryl/α,β-unsaturated/α-hetero) is 1. The zero-order chi connectivity index (χ0) is 17.8. The van der Waals surface area contributed by atoms with Crippen LogP contribution in [0.2, 0.25) is 0 Å². The number of hydrogen-bond donors (Lipinski definition) is 2. The predicted octanol–water partition coefficient (Wildman–Crippen LogP) is 2.48. The molecule has 0 radical (unpaired) electrons. The van der Waals surface area contributed by atoms with E-state index in [0.29, 0.717) is 30.1 Å². The van der Waals surface area contributed by atoms with Gasteiger partial charge in [-0.25, -0.2) is 0 Å². The lowest BCUT2D eigenvalue weighted by Gasteiger charge is -2.19. The van der Waals surface area contributed by atoms with Crippen molar-refractivity contribution >= 4 is 5.78 Å². The molecule has 2 aliphatic rings. The Morgan fingerprint density at radius 1 is 1.12 bits per heavy atom. The molecule has 0 aromatic heterocycles. The fourth-order valence-electron chi connectivity index (χ4n) is 3.09. The standard InChI is InChI=1S/C20H23NO4/c1-24-19-7-4-14-8-15(12-22)10-18(23)17(21)9-13-2-5-16(6-3-13)25-20(19)11-14/h2-7,11,15,17,22H,8-10,12,21H2,1H3/t15-,17+/m1/s1. The number of hydrogen-bond acceptors (Lipinski definition) is 5. The number of aliphatic hydroxyl groups excluding tert-OH is 1. The van der Waals surface area contributed by atoms with Crippen LogP contribution >= 0.6 is 0 Å². The fourth-order valence-corrected chi connectivity index (χ4v) is 3.09. The highest BCUT2D eigenvalue weighted by molar-refractivity contribution is 5.84. The first-order valence-electron chi connectivity index (χ1n) is 8.42. The fraction of sp³-hybridized carbons (Fsp3) is 0.350. The number of fused-ring (bicyclic) bond motifs is 7. The van der Waals surface area contributed by atoms with Crippen molar-refractivity contribution in [2.75, 3.05) is 13.7 Å². The summed E-state index contributed by atoms with van der Waals surface area (Å²) in [7, 11) is 1.60. The minimum Gasteiger partial charge on any atom is -0.493 e. The Bertz CT molecular complexity index is 742. The average Bonchev–Trinajstić information content (AvgIpc) is 2.62. The zero-order valence-electron chi connectivity index (χ0n) is 14.3. The highest BCUT2D eigenvalue weighted by Crippen LogP contribution is 2.33. The van der Waals surface area contributed by atoms with Gasteiger partial charge >= 0.3 is 0 Å². The summed E-state index contributed by atoms with van der Waals surface area (Å²) < 4.78 is 11.3. The van der Waals surface area contributed by atoms with Crippen LogP contribution in [0.3, 0.4) is 0 Å². The molecule has 5 nitrogen and oxygen atoms in total. The number of carbonyl (C=O) groups excluding carboxylic acids is 1. The van der Waals surface area contributed by atoms with Crippen molar-refractivity contribution in [2.45, 2.75) is 25.3 Å². The van der Waals surface area contributed by atoms with Crippen LogP contribution in [0.5, 0.6) is 17.2 Å². The van der Waals surface area contributed by atoms with Crippen LogP contribution in [-0.2, 0) is 17.6 Å². The zero-order valence-corrected chi connectivity index (χ0v) is 14.3. The van der Waals surface area contributed by atoms with Gasteiger partial charge in [-0.3, -0.25) is 4.79 Å². The molecule has 0 fully saturated rings. The van der Waals surface area contributed by atoms with Crippen molar-refractivity contribution in [1.29, 1.82) is 0 Å². The quantitative estimate of drug-likeness (QED) is 0.877. The summed E-state index contributed by atoms with van der Waals surface area (Å²) in [5.74, 6) is 1.76. The number of ether oxygens (including phenoxy) is 2. The Labute approximate surface area is 147 Å². The lowest BCUT2D eigenvalue weighted by Crippen LogP contribution is -2.34. The van der Waals surface area contributed by atoms with Crippen LogP contribution in [0.25, 0.3) is 0 Å². The first-order chi connectivity index (χ1) is 12.1. The Morgan fingerprint density at radius 2 is 1.84 bits per heavy atom. The van der Waals surface area contributed by atoms with Gasteiger partial charge in [0.05, 0.1) is 13.2 Å². The third kappa shape index (κ3) is 4.18. The summed E-state index contributed by atoms with van der Waals surface area (Å²) in [6, 6.07) is 12.6. The number of methoxy groups -OCH3 is 1. The molecule has 2 heterocycles. The minimum absolute atomic E-state index is 0.0230. The number of ketones is 1. The van der Waals surface area contributed by atoms with E-state index in [-0.39, 0.29) is 24.7 Å². The Morgan fingerprint density at radius 3 is 2.52 bits per heavy atom. The van der Waals surface area contributed by atoms with E-state index in [1.165, 1.54) is 0 Å². The Hall–Kier alpha value is -2.37. The van der Waals surface area contributed by atoms with Crippen molar-refractivity contribution in [3.8, 4) is 17.2 Å². The van der Waals surface area contributed by atoms with E-state index in [4.69, 9.17) is 15.2 Å². The normalized spacial score (nSPS) is 20.7. The van der Waals surface area contributed by atoms with Gasteiger partial charge in [-0.05, 0) is 54.2 Å². The number of nitrogens with two attached hydrogens (primary N) is 1. The highest BCUT2D eigenvalue weighted by Gasteiger charge is 2.21. The maximum absolute atomic E-state index is 12.4. The SMILES string of the molecule is COc1ccc2cc1Oc1ccc(cc1)C[C@H](N)C(=O)C[C@H](CO)C2. The lowest BCUT2D eigenvalue weighted by molar-refractivity contribution is -0.121. The molecule has 0 amide bonds. The first kappa shape index (κ1) is 17.5. The number of aliphatic hydroxyl groups is 1. The molecule has 0 unspecified atom stereocenters. The molecule has 0 saturated carbocycles. The van der Waals surface area contributed by atoms with Gasteiger partial charge in [-0.2, -0.15) is 0 Å².